The van der Waals surface area contributed by atoms with Crippen LogP contribution < -0.4 is 10.1 Å². The van der Waals surface area contributed by atoms with E-state index in [0.717, 1.165) is 36.0 Å². The number of phenols is 1. The Morgan fingerprint density at radius 2 is 2.11 bits per heavy atom. The van der Waals surface area contributed by atoms with Gasteiger partial charge in [0.25, 0.3) is 0 Å². The summed E-state index contributed by atoms with van der Waals surface area (Å²) < 4.78 is 6.34. The van der Waals surface area contributed by atoms with Crippen molar-refractivity contribution in [1.82, 2.24) is 5.32 Å². The van der Waals surface area contributed by atoms with Crippen LogP contribution in [0.5, 0.6) is 11.5 Å². The van der Waals surface area contributed by atoms with E-state index in [-0.39, 0.29) is 0 Å². The predicted molar refractivity (Wildman–Crippen MR) is 81.0 cm³/mol. The molecule has 1 aliphatic heterocycles. The van der Waals surface area contributed by atoms with Gasteiger partial charge in [0.2, 0.25) is 0 Å². The molecule has 2 N–H and O–H groups in total. The minimum Gasteiger partial charge on any atom is -0.504 e. The van der Waals surface area contributed by atoms with Gasteiger partial charge in [0.05, 0.1) is 7.11 Å². The maximum atomic E-state index is 10.3. The molecule has 1 aromatic rings. The summed E-state index contributed by atoms with van der Waals surface area (Å²) in [6, 6.07) is 1.92. The van der Waals surface area contributed by atoms with Crippen LogP contribution in [0, 0.1) is 5.92 Å². The summed E-state index contributed by atoms with van der Waals surface area (Å²) in [5, 5.41) is 13.7. The first-order chi connectivity index (χ1) is 9.17. The van der Waals surface area contributed by atoms with Crippen molar-refractivity contribution in [2.24, 2.45) is 5.92 Å². The molecule has 0 bridgehead atoms. The number of halogens is 1. The quantitative estimate of drug-likeness (QED) is 0.891. The number of aromatic hydroxyl groups is 1. The van der Waals surface area contributed by atoms with Crippen LogP contribution in [0.15, 0.2) is 10.5 Å². The molecule has 2 rings (SSSR count). The molecular formula is C15H22BrNO2. The summed E-state index contributed by atoms with van der Waals surface area (Å²) in [4.78, 5) is 0. The number of phenolic OH excluding ortho intramolecular Hbond substituents is 1. The van der Waals surface area contributed by atoms with Gasteiger partial charge in [-0.05, 0) is 56.3 Å². The highest BCUT2D eigenvalue weighted by atomic mass is 79.9. The molecule has 0 aromatic heterocycles. The molecule has 1 aromatic carbocycles. The van der Waals surface area contributed by atoms with Crippen molar-refractivity contribution in [3.8, 4) is 11.5 Å². The van der Waals surface area contributed by atoms with Gasteiger partial charge in [-0.2, -0.15) is 0 Å². The average Bonchev–Trinajstić information content (AvgIpc) is 2.45. The summed E-state index contributed by atoms with van der Waals surface area (Å²) in [6.45, 7) is 4.27. The van der Waals surface area contributed by atoms with Crippen LogP contribution >= 0.6 is 15.9 Å². The number of ether oxygens (including phenoxy) is 1. The maximum Gasteiger partial charge on any atom is 0.162 e. The van der Waals surface area contributed by atoms with Crippen LogP contribution in [0.4, 0.5) is 0 Å². The first-order valence-corrected chi connectivity index (χ1v) is 7.74. The molecule has 1 fully saturated rings. The van der Waals surface area contributed by atoms with E-state index in [1.807, 2.05) is 6.07 Å². The lowest BCUT2D eigenvalue weighted by Crippen LogP contribution is -2.28. The second-order valence-corrected chi connectivity index (χ2v) is 5.92. The van der Waals surface area contributed by atoms with Crippen molar-refractivity contribution in [3.05, 3.63) is 21.7 Å². The SMILES string of the molecule is CCc1cc(OC)c(O)c(CC2CCNCC2)c1Br. The zero-order valence-electron chi connectivity index (χ0n) is 11.6. The van der Waals surface area contributed by atoms with Crippen molar-refractivity contribution in [3.63, 3.8) is 0 Å². The Bertz CT molecular complexity index is 414. The van der Waals surface area contributed by atoms with E-state index in [9.17, 15) is 5.11 Å². The van der Waals surface area contributed by atoms with Gasteiger partial charge in [-0.25, -0.2) is 0 Å². The highest BCUT2D eigenvalue weighted by Gasteiger charge is 2.21. The molecule has 3 nitrogen and oxygen atoms in total. The number of aryl methyl sites for hydroxylation is 1. The number of nitrogens with one attached hydrogen (secondary N) is 1. The van der Waals surface area contributed by atoms with Gasteiger partial charge in [0.15, 0.2) is 11.5 Å². The summed E-state index contributed by atoms with van der Waals surface area (Å²) in [5.41, 5.74) is 2.20. The number of piperidine rings is 1. The van der Waals surface area contributed by atoms with Gasteiger partial charge >= 0.3 is 0 Å². The van der Waals surface area contributed by atoms with Crippen molar-refractivity contribution in [2.45, 2.75) is 32.6 Å². The highest BCUT2D eigenvalue weighted by Crippen LogP contribution is 2.40. The van der Waals surface area contributed by atoms with Crippen LogP contribution in [-0.2, 0) is 12.8 Å². The van der Waals surface area contributed by atoms with Crippen LogP contribution in [0.2, 0.25) is 0 Å². The third-order valence-corrected chi connectivity index (χ3v) is 4.91. The van der Waals surface area contributed by atoms with E-state index in [1.54, 1.807) is 7.11 Å². The molecule has 1 heterocycles. The molecule has 0 amide bonds. The lowest BCUT2D eigenvalue weighted by atomic mass is 9.89. The fourth-order valence-electron chi connectivity index (χ4n) is 2.71. The molecule has 106 valence electrons. The minimum atomic E-state index is 0.296. The summed E-state index contributed by atoms with van der Waals surface area (Å²) in [5.74, 6) is 1.52. The Hall–Kier alpha value is -0.740. The van der Waals surface area contributed by atoms with Gasteiger partial charge < -0.3 is 15.2 Å². The average molecular weight is 328 g/mol. The molecule has 0 unspecified atom stereocenters. The Morgan fingerprint density at radius 3 is 2.68 bits per heavy atom. The molecule has 0 spiro atoms. The molecule has 4 heteroatoms. The van der Waals surface area contributed by atoms with Crippen LogP contribution in [0.25, 0.3) is 0 Å². The molecule has 1 aliphatic rings. The molecule has 0 radical (unpaired) electrons. The van der Waals surface area contributed by atoms with Crippen molar-refractivity contribution < 1.29 is 9.84 Å². The van der Waals surface area contributed by atoms with E-state index in [2.05, 4.69) is 28.2 Å². The lowest BCUT2D eigenvalue weighted by Gasteiger charge is -2.24. The topological polar surface area (TPSA) is 41.5 Å². The van der Waals surface area contributed by atoms with Gasteiger partial charge in [-0.15, -0.1) is 0 Å². The van der Waals surface area contributed by atoms with Crippen molar-refractivity contribution in [1.29, 1.82) is 0 Å². The minimum absolute atomic E-state index is 0.296. The Morgan fingerprint density at radius 1 is 1.42 bits per heavy atom. The number of rotatable bonds is 4. The third kappa shape index (κ3) is 3.23. The Labute approximate surface area is 123 Å². The van der Waals surface area contributed by atoms with Crippen LogP contribution in [0.3, 0.4) is 0 Å². The summed E-state index contributed by atoms with van der Waals surface area (Å²) >= 11 is 3.65. The molecular weight excluding hydrogens is 306 g/mol. The largest absolute Gasteiger partial charge is 0.504 e. The van der Waals surface area contributed by atoms with Gasteiger partial charge in [0, 0.05) is 10.0 Å². The number of hydrogen-bond donors (Lipinski definition) is 2. The lowest BCUT2D eigenvalue weighted by molar-refractivity contribution is 0.351. The van der Waals surface area contributed by atoms with Crippen LogP contribution in [0.1, 0.15) is 30.9 Å². The van der Waals surface area contributed by atoms with E-state index in [0.29, 0.717) is 17.4 Å². The van der Waals surface area contributed by atoms with E-state index < -0.39 is 0 Å². The third-order valence-electron chi connectivity index (χ3n) is 3.92. The summed E-state index contributed by atoms with van der Waals surface area (Å²) in [7, 11) is 1.61. The monoisotopic (exact) mass is 327 g/mol. The summed E-state index contributed by atoms with van der Waals surface area (Å²) in [6.07, 6.45) is 4.18. The normalized spacial score (nSPS) is 16.6. The zero-order valence-corrected chi connectivity index (χ0v) is 13.2. The molecule has 0 atom stereocenters. The Balaban J connectivity index is 2.31. The number of hydrogen-bond acceptors (Lipinski definition) is 3. The Kier molecular flexibility index (Phi) is 5.11. The van der Waals surface area contributed by atoms with Gasteiger partial charge in [-0.3, -0.25) is 0 Å². The fraction of sp³-hybridized carbons (Fsp3) is 0.600. The highest BCUT2D eigenvalue weighted by molar-refractivity contribution is 9.10. The standard InChI is InChI=1S/C15H22BrNO2/c1-3-11-9-13(19-2)15(18)12(14(11)16)8-10-4-6-17-7-5-10/h9-10,17-18H,3-8H2,1-2H3. The smallest absolute Gasteiger partial charge is 0.162 e. The van der Waals surface area contributed by atoms with Gasteiger partial charge in [-0.1, -0.05) is 22.9 Å². The van der Waals surface area contributed by atoms with E-state index in [4.69, 9.17) is 4.74 Å². The van der Waals surface area contributed by atoms with E-state index >= 15 is 0 Å². The van der Waals surface area contributed by atoms with Crippen molar-refractivity contribution >= 4 is 15.9 Å². The predicted octanol–water partition coefficient (Wildman–Crippen LogP) is 3.27. The second kappa shape index (κ2) is 6.62. The number of benzene rings is 1. The molecule has 19 heavy (non-hydrogen) atoms. The zero-order chi connectivity index (χ0) is 13.8. The van der Waals surface area contributed by atoms with Crippen LogP contribution in [-0.4, -0.2) is 25.3 Å². The molecule has 0 aliphatic carbocycles. The first kappa shape index (κ1) is 14.7. The fourth-order valence-corrected chi connectivity index (χ4v) is 3.45. The first-order valence-electron chi connectivity index (χ1n) is 6.95. The van der Waals surface area contributed by atoms with Crippen molar-refractivity contribution in [2.75, 3.05) is 20.2 Å². The second-order valence-electron chi connectivity index (χ2n) is 5.13. The maximum absolute atomic E-state index is 10.3. The molecule has 0 saturated carbocycles. The van der Waals surface area contributed by atoms with Gasteiger partial charge in [0.1, 0.15) is 0 Å². The number of methoxy groups -OCH3 is 1. The molecule has 1 saturated heterocycles. The van der Waals surface area contributed by atoms with E-state index in [1.165, 1.54) is 18.4 Å².